The molecule has 0 saturated heterocycles. The molecule has 0 bridgehead atoms. The van der Waals surface area contributed by atoms with Gasteiger partial charge in [0.15, 0.2) is 5.16 Å². The summed E-state index contributed by atoms with van der Waals surface area (Å²) in [6, 6.07) is 0.743. The van der Waals surface area contributed by atoms with Crippen LogP contribution in [0.15, 0.2) is 17.6 Å². The third-order valence-corrected chi connectivity index (χ3v) is 4.26. The lowest BCUT2D eigenvalue weighted by atomic mass is 10.1. The Morgan fingerprint density at radius 1 is 1.17 bits per heavy atom. The normalized spacial score (nSPS) is 17.6. The van der Waals surface area contributed by atoms with Crippen molar-refractivity contribution in [2.24, 2.45) is 0 Å². The molecule has 3 nitrogen and oxygen atoms in total. The van der Waals surface area contributed by atoms with Crippen molar-refractivity contribution in [3.63, 3.8) is 0 Å². The fraction of sp³-hybridized carbons (Fsp3) is 0.714. The Bertz CT molecular complexity index is 331. The highest BCUT2D eigenvalue weighted by molar-refractivity contribution is 7.99. The number of nitrogens with one attached hydrogen (secondary N) is 1. The summed E-state index contributed by atoms with van der Waals surface area (Å²) in [4.78, 5) is 8.60. The van der Waals surface area contributed by atoms with E-state index in [-0.39, 0.29) is 0 Å². The van der Waals surface area contributed by atoms with Crippen LogP contribution in [0.4, 0.5) is 0 Å². The van der Waals surface area contributed by atoms with E-state index in [1.54, 1.807) is 11.8 Å². The summed E-state index contributed by atoms with van der Waals surface area (Å²) in [5.74, 6) is 1.06. The molecule has 1 saturated carbocycles. The number of hydrogen-bond acceptors (Lipinski definition) is 4. The van der Waals surface area contributed by atoms with E-state index in [1.807, 2.05) is 19.3 Å². The van der Waals surface area contributed by atoms with E-state index < -0.39 is 0 Å². The van der Waals surface area contributed by atoms with Gasteiger partial charge >= 0.3 is 0 Å². The number of aromatic nitrogens is 2. The van der Waals surface area contributed by atoms with Crippen LogP contribution in [0.25, 0.3) is 0 Å². The Balaban J connectivity index is 1.61. The molecule has 1 heterocycles. The van der Waals surface area contributed by atoms with Gasteiger partial charge in [0.05, 0.1) is 0 Å². The van der Waals surface area contributed by atoms with Crippen LogP contribution in [0.3, 0.4) is 0 Å². The highest BCUT2D eigenvalue weighted by Gasteiger charge is 2.10. The molecule has 1 aromatic heterocycles. The average Bonchev–Trinajstić information content (AvgIpc) is 2.65. The SMILES string of the molecule is Cc1cnc(SCCNC2CCCCCC2)nc1. The topological polar surface area (TPSA) is 37.8 Å². The Morgan fingerprint density at radius 2 is 1.83 bits per heavy atom. The largest absolute Gasteiger partial charge is 0.313 e. The Hall–Kier alpha value is -0.610. The molecule has 0 aliphatic heterocycles. The lowest BCUT2D eigenvalue weighted by molar-refractivity contribution is 0.474. The third-order valence-electron chi connectivity index (χ3n) is 3.38. The van der Waals surface area contributed by atoms with Gasteiger partial charge in [-0.2, -0.15) is 0 Å². The maximum atomic E-state index is 4.30. The molecule has 1 aliphatic carbocycles. The van der Waals surface area contributed by atoms with Gasteiger partial charge in [0.25, 0.3) is 0 Å². The first-order valence-corrected chi connectivity index (χ1v) is 7.98. The van der Waals surface area contributed by atoms with Crippen molar-refractivity contribution in [1.29, 1.82) is 0 Å². The van der Waals surface area contributed by atoms with Gasteiger partial charge in [0.1, 0.15) is 0 Å². The molecular weight excluding hydrogens is 242 g/mol. The van der Waals surface area contributed by atoms with Crippen LogP contribution < -0.4 is 5.32 Å². The number of thioether (sulfide) groups is 1. The van der Waals surface area contributed by atoms with Gasteiger partial charge in [-0.25, -0.2) is 9.97 Å². The van der Waals surface area contributed by atoms with Crippen molar-refractivity contribution in [1.82, 2.24) is 15.3 Å². The lowest BCUT2D eigenvalue weighted by Gasteiger charge is -2.15. The Labute approximate surface area is 114 Å². The van der Waals surface area contributed by atoms with Crippen LogP contribution in [0.1, 0.15) is 44.1 Å². The molecule has 18 heavy (non-hydrogen) atoms. The van der Waals surface area contributed by atoms with Crippen molar-refractivity contribution < 1.29 is 0 Å². The zero-order valence-electron chi connectivity index (χ0n) is 11.2. The van der Waals surface area contributed by atoms with E-state index in [9.17, 15) is 0 Å². The van der Waals surface area contributed by atoms with Gasteiger partial charge < -0.3 is 5.32 Å². The van der Waals surface area contributed by atoms with Gasteiger partial charge in [0, 0.05) is 30.7 Å². The molecule has 1 aromatic rings. The molecule has 2 rings (SSSR count). The van der Waals surface area contributed by atoms with E-state index >= 15 is 0 Å². The van der Waals surface area contributed by atoms with E-state index in [0.29, 0.717) is 0 Å². The van der Waals surface area contributed by atoms with Crippen LogP contribution in [-0.4, -0.2) is 28.3 Å². The molecule has 100 valence electrons. The van der Waals surface area contributed by atoms with Crippen LogP contribution in [0.2, 0.25) is 0 Å². The zero-order valence-corrected chi connectivity index (χ0v) is 12.0. The summed E-state index contributed by atoms with van der Waals surface area (Å²) in [5, 5.41) is 4.56. The Morgan fingerprint density at radius 3 is 2.50 bits per heavy atom. The molecule has 0 unspecified atom stereocenters. The van der Waals surface area contributed by atoms with E-state index in [1.165, 1.54) is 38.5 Å². The molecule has 0 spiro atoms. The van der Waals surface area contributed by atoms with Crippen molar-refractivity contribution >= 4 is 11.8 Å². The van der Waals surface area contributed by atoms with Crippen LogP contribution in [0, 0.1) is 6.92 Å². The second-order valence-corrected chi connectivity index (χ2v) is 6.10. The predicted octanol–water partition coefficient (Wildman–Crippen LogP) is 3.19. The molecule has 1 fully saturated rings. The number of hydrogen-bond donors (Lipinski definition) is 1. The lowest BCUT2D eigenvalue weighted by Crippen LogP contribution is -2.30. The minimum atomic E-state index is 0.743. The number of nitrogens with zero attached hydrogens (tertiary/aromatic N) is 2. The maximum absolute atomic E-state index is 4.30. The third kappa shape index (κ3) is 4.94. The highest BCUT2D eigenvalue weighted by atomic mass is 32.2. The fourth-order valence-electron chi connectivity index (χ4n) is 2.34. The van der Waals surface area contributed by atoms with Crippen molar-refractivity contribution in [3.8, 4) is 0 Å². The molecule has 0 atom stereocenters. The molecule has 1 aliphatic rings. The highest BCUT2D eigenvalue weighted by Crippen LogP contribution is 2.17. The predicted molar refractivity (Wildman–Crippen MR) is 77.0 cm³/mol. The van der Waals surface area contributed by atoms with Gasteiger partial charge in [-0.15, -0.1) is 0 Å². The van der Waals surface area contributed by atoms with E-state index in [2.05, 4.69) is 15.3 Å². The zero-order chi connectivity index (χ0) is 12.6. The number of aryl methyl sites for hydroxylation is 1. The van der Waals surface area contributed by atoms with Gasteiger partial charge in [-0.3, -0.25) is 0 Å². The minimum Gasteiger partial charge on any atom is -0.313 e. The standard InChI is InChI=1S/C14H23N3S/c1-12-10-16-14(17-11-12)18-9-8-15-13-6-4-2-3-5-7-13/h10-11,13,15H,2-9H2,1H3. The summed E-state index contributed by atoms with van der Waals surface area (Å²) in [6.07, 6.45) is 12.1. The van der Waals surface area contributed by atoms with Gasteiger partial charge in [-0.1, -0.05) is 37.4 Å². The van der Waals surface area contributed by atoms with E-state index in [4.69, 9.17) is 0 Å². The molecule has 1 N–H and O–H groups in total. The maximum Gasteiger partial charge on any atom is 0.187 e. The summed E-state index contributed by atoms with van der Waals surface area (Å²) in [7, 11) is 0. The quantitative estimate of drug-likeness (QED) is 0.384. The molecule has 0 amide bonds. The summed E-state index contributed by atoms with van der Waals surface area (Å²) in [5.41, 5.74) is 1.12. The first-order chi connectivity index (χ1) is 8.84. The summed E-state index contributed by atoms with van der Waals surface area (Å²) in [6.45, 7) is 3.08. The molecule has 4 heteroatoms. The second-order valence-electron chi connectivity index (χ2n) is 5.03. The minimum absolute atomic E-state index is 0.743. The molecule has 0 radical (unpaired) electrons. The van der Waals surface area contributed by atoms with Crippen LogP contribution >= 0.6 is 11.8 Å². The van der Waals surface area contributed by atoms with Crippen molar-refractivity contribution in [2.45, 2.75) is 56.6 Å². The van der Waals surface area contributed by atoms with Crippen LogP contribution in [-0.2, 0) is 0 Å². The summed E-state index contributed by atoms with van der Waals surface area (Å²) < 4.78 is 0. The van der Waals surface area contributed by atoms with Gasteiger partial charge in [0.2, 0.25) is 0 Å². The second kappa shape index (κ2) is 7.74. The fourth-order valence-corrected chi connectivity index (χ4v) is 3.00. The monoisotopic (exact) mass is 265 g/mol. The average molecular weight is 265 g/mol. The summed E-state index contributed by atoms with van der Waals surface area (Å²) >= 11 is 1.74. The van der Waals surface area contributed by atoms with E-state index in [0.717, 1.165) is 29.1 Å². The first kappa shape index (κ1) is 13.8. The Kier molecular flexibility index (Phi) is 5.94. The smallest absolute Gasteiger partial charge is 0.187 e. The molecule has 0 aromatic carbocycles. The van der Waals surface area contributed by atoms with Crippen molar-refractivity contribution in [2.75, 3.05) is 12.3 Å². The van der Waals surface area contributed by atoms with Gasteiger partial charge in [-0.05, 0) is 25.3 Å². The first-order valence-electron chi connectivity index (χ1n) is 6.99. The van der Waals surface area contributed by atoms with Crippen LogP contribution in [0.5, 0.6) is 0 Å². The van der Waals surface area contributed by atoms with Crippen molar-refractivity contribution in [3.05, 3.63) is 18.0 Å². The number of rotatable bonds is 5. The molecular formula is C14H23N3S.